The van der Waals surface area contributed by atoms with Crippen LogP contribution in [0.2, 0.25) is 0 Å². The molecule has 1 aliphatic heterocycles. The van der Waals surface area contributed by atoms with Crippen molar-refractivity contribution in [2.75, 3.05) is 11.4 Å². The normalized spacial score (nSPS) is 16.5. The van der Waals surface area contributed by atoms with Gasteiger partial charge in [-0.3, -0.25) is 4.98 Å². The fraction of sp³-hybridized carbons (Fsp3) is 0.286. The van der Waals surface area contributed by atoms with Crippen LogP contribution in [0, 0.1) is 11.6 Å². The molecule has 98 valence electrons. The fourth-order valence-corrected chi connectivity index (χ4v) is 2.42. The van der Waals surface area contributed by atoms with E-state index in [9.17, 15) is 8.78 Å². The Kier molecular flexibility index (Phi) is 2.52. The molecule has 0 atom stereocenters. The number of aromatic nitrogens is 2. The lowest BCUT2D eigenvalue weighted by Gasteiger charge is -2.21. The molecule has 1 aliphatic rings. The monoisotopic (exact) mass is 261 g/mol. The summed E-state index contributed by atoms with van der Waals surface area (Å²) in [4.78, 5) is 10.5. The molecule has 0 amide bonds. The minimum absolute atomic E-state index is 0.172. The summed E-state index contributed by atoms with van der Waals surface area (Å²) >= 11 is 0. The quantitative estimate of drug-likeness (QED) is 0.789. The van der Waals surface area contributed by atoms with Gasteiger partial charge >= 0.3 is 0 Å². The summed E-state index contributed by atoms with van der Waals surface area (Å²) in [5.41, 5.74) is 1.29. The van der Waals surface area contributed by atoms with Crippen molar-refractivity contribution in [1.29, 1.82) is 0 Å². The minimum Gasteiger partial charge on any atom is -0.324 e. The second-order valence-electron chi connectivity index (χ2n) is 5.30. The van der Waals surface area contributed by atoms with Gasteiger partial charge in [-0.25, -0.2) is 13.8 Å². The van der Waals surface area contributed by atoms with Crippen LogP contribution in [-0.2, 0) is 5.41 Å². The van der Waals surface area contributed by atoms with Crippen molar-refractivity contribution in [2.24, 2.45) is 0 Å². The Labute approximate surface area is 109 Å². The predicted octanol–water partition coefficient (Wildman–Crippen LogP) is 3.18. The molecule has 1 aromatic heterocycles. The lowest BCUT2D eigenvalue weighted by Crippen LogP contribution is -2.25. The average Bonchev–Trinajstić information content (AvgIpc) is 2.66. The molecule has 0 bridgehead atoms. The summed E-state index contributed by atoms with van der Waals surface area (Å²) in [7, 11) is 0. The van der Waals surface area contributed by atoms with E-state index in [2.05, 4.69) is 23.8 Å². The van der Waals surface area contributed by atoms with Crippen LogP contribution in [0.5, 0.6) is 0 Å². The molecule has 0 spiro atoms. The zero-order valence-corrected chi connectivity index (χ0v) is 10.7. The molecular formula is C14H13F2N3. The van der Waals surface area contributed by atoms with E-state index in [1.807, 2.05) is 4.90 Å². The first-order valence-electron chi connectivity index (χ1n) is 6.03. The van der Waals surface area contributed by atoms with Crippen LogP contribution in [0.15, 0.2) is 30.6 Å². The van der Waals surface area contributed by atoms with Crippen molar-refractivity contribution in [3.05, 3.63) is 47.9 Å². The first kappa shape index (κ1) is 12.0. The van der Waals surface area contributed by atoms with Crippen LogP contribution < -0.4 is 4.90 Å². The van der Waals surface area contributed by atoms with Gasteiger partial charge in [-0.15, -0.1) is 0 Å². The van der Waals surface area contributed by atoms with E-state index in [0.717, 1.165) is 11.8 Å². The molecule has 0 saturated heterocycles. The van der Waals surface area contributed by atoms with Gasteiger partial charge in [0.25, 0.3) is 0 Å². The highest BCUT2D eigenvalue weighted by Gasteiger charge is 2.38. The number of hydrogen-bond donors (Lipinski definition) is 0. The van der Waals surface area contributed by atoms with E-state index < -0.39 is 11.6 Å². The molecule has 3 rings (SSSR count). The number of fused-ring (bicyclic) bond motifs is 1. The smallest absolute Gasteiger partial charge is 0.160 e. The molecule has 5 heteroatoms. The molecule has 2 heterocycles. The third-order valence-electron chi connectivity index (χ3n) is 3.34. The van der Waals surface area contributed by atoms with E-state index in [1.54, 1.807) is 18.5 Å². The van der Waals surface area contributed by atoms with Gasteiger partial charge in [0.15, 0.2) is 17.5 Å². The van der Waals surface area contributed by atoms with E-state index >= 15 is 0 Å². The van der Waals surface area contributed by atoms with Gasteiger partial charge in [0.2, 0.25) is 0 Å². The van der Waals surface area contributed by atoms with E-state index in [4.69, 9.17) is 0 Å². The topological polar surface area (TPSA) is 29.0 Å². The molecule has 0 aliphatic carbocycles. The van der Waals surface area contributed by atoms with Crippen molar-refractivity contribution in [1.82, 2.24) is 9.97 Å². The van der Waals surface area contributed by atoms with E-state index in [1.165, 1.54) is 6.07 Å². The number of anilines is 2. The number of benzene rings is 1. The van der Waals surface area contributed by atoms with Gasteiger partial charge in [-0.1, -0.05) is 13.8 Å². The molecule has 19 heavy (non-hydrogen) atoms. The van der Waals surface area contributed by atoms with Crippen LogP contribution in [0.1, 0.15) is 19.5 Å². The van der Waals surface area contributed by atoms with Gasteiger partial charge in [0, 0.05) is 36.1 Å². The van der Waals surface area contributed by atoms with E-state index in [-0.39, 0.29) is 5.41 Å². The minimum atomic E-state index is -0.854. The van der Waals surface area contributed by atoms with Gasteiger partial charge in [-0.05, 0) is 12.1 Å². The Morgan fingerprint density at radius 3 is 2.58 bits per heavy atom. The Bertz CT molecular complexity index is 640. The Balaban J connectivity index is 2.10. The molecule has 0 fully saturated rings. The number of halogens is 2. The standard InChI is InChI=1S/C14H13F2N3/c1-14(2)8-19(13-12(14)17-5-6-18-13)9-3-4-10(15)11(16)7-9/h3-7H,8H2,1-2H3. The molecule has 0 radical (unpaired) electrons. The molecule has 0 unspecified atom stereocenters. The third-order valence-corrected chi connectivity index (χ3v) is 3.34. The fourth-order valence-electron chi connectivity index (χ4n) is 2.42. The maximum atomic E-state index is 13.4. The lowest BCUT2D eigenvalue weighted by molar-refractivity contribution is 0.508. The van der Waals surface area contributed by atoms with Crippen LogP contribution in [0.3, 0.4) is 0 Å². The molecular weight excluding hydrogens is 248 g/mol. The van der Waals surface area contributed by atoms with Crippen LogP contribution in [0.4, 0.5) is 20.3 Å². The third kappa shape index (κ3) is 1.85. The van der Waals surface area contributed by atoms with Gasteiger partial charge in [0.1, 0.15) is 0 Å². The maximum absolute atomic E-state index is 13.4. The molecule has 1 aromatic carbocycles. The highest BCUT2D eigenvalue weighted by atomic mass is 19.2. The Morgan fingerprint density at radius 1 is 1.11 bits per heavy atom. The predicted molar refractivity (Wildman–Crippen MR) is 68.4 cm³/mol. The Hall–Kier alpha value is -2.04. The highest BCUT2D eigenvalue weighted by molar-refractivity contribution is 5.67. The van der Waals surface area contributed by atoms with E-state index in [0.29, 0.717) is 18.1 Å². The number of nitrogens with zero attached hydrogens (tertiary/aromatic N) is 3. The highest BCUT2D eigenvalue weighted by Crippen LogP contribution is 2.41. The van der Waals surface area contributed by atoms with Crippen molar-refractivity contribution in [3.8, 4) is 0 Å². The summed E-state index contributed by atoms with van der Waals surface area (Å²) in [5, 5.41) is 0. The van der Waals surface area contributed by atoms with Crippen LogP contribution in [0.25, 0.3) is 0 Å². The summed E-state index contributed by atoms with van der Waals surface area (Å²) in [6, 6.07) is 3.87. The van der Waals surface area contributed by atoms with Gasteiger partial charge < -0.3 is 4.90 Å². The summed E-state index contributed by atoms with van der Waals surface area (Å²) < 4.78 is 26.4. The Morgan fingerprint density at radius 2 is 1.84 bits per heavy atom. The summed E-state index contributed by atoms with van der Waals surface area (Å²) in [6.45, 7) is 4.75. The van der Waals surface area contributed by atoms with Crippen molar-refractivity contribution in [3.63, 3.8) is 0 Å². The SMILES string of the molecule is CC1(C)CN(c2ccc(F)c(F)c2)c2nccnc21. The molecule has 0 saturated carbocycles. The maximum Gasteiger partial charge on any atom is 0.160 e. The first-order chi connectivity index (χ1) is 8.99. The molecule has 3 nitrogen and oxygen atoms in total. The second kappa shape index (κ2) is 3.98. The second-order valence-corrected chi connectivity index (χ2v) is 5.30. The average molecular weight is 261 g/mol. The van der Waals surface area contributed by atoms with Crippen LogP contribution in [-0.4, -0.2) is 16.5 Å². The summed E-state index contributed by atoms with van der Waals surface area (Å²) in [5.74, 6) is -0.993. The zero-order valence-electron chi connectivity index (χ0n) is 10.7. The van der Waals surface area contributed by atoms with Gasteiger partial charge in [0.05, 0.1) is 5.69 Å². The van der Waals surface area contributed by atoms with Crippen molar-refractivity contribution in [2.45, 2.75) is 19.3 Å². The zero-order chi connectivity index (χ0) is 13.6. The first-order valence-corrected chi connectivity index (χ1v) is 6.03. The molecule has 2 aromatic rings. The lowest BCUT2D eigenvalue weighted by atomic mass is 9.92. The number of hydrogen-bond acceptors (Lipinski definition) is 3. The van der Waals surface area contributed by atoms with Crippen LogP contribution >= 0.6 is 0 Å². The van der Waals surface area contributed by atoms with Crippen molar-refractivity contribution < 1.29 is 8.78 Å². The molecule has 0 N–H and O–H groups in total. The van der Waals surface area contributed by atoms with Gasteiger partial charge in [-0.2, -0.15) is 0 Å². The van der Waals surface area contributed by atoms with Crippen molar-refractivity contribution >= 4 is 11.5 Å². The summed E-state index contributed by atoms with van der Waals surface area (Å²) in [6.07, 6.45) is 3.25. The largest absolute Gasteiger partial charge is 0.324 e. The number of rotatable bonds is 1.